The molecule has 3 aromatic carbocycles. The van der Waals surface area contributed by atoms with Crippen molar-refractivity contribution in [3.63, 3.8) is 0 Å². The summed E-state index contributed by atoms with van der Waals surface area (Å²) < 4.78 is 6.22. The highest BCUT2D eigenvalue weighted by molar-refractivity contribution is 9.10. The van der Waals surface area contributed by atoms with Crippen LogP contribution in [0.2, 0.25) is 10.2 Å². The summed E-state index contributed by atoms with van der Waals surface area (Å²) in [7, 11) is 1.45. The molecule has 8 nitrogen and oxygen atoms in total. The van der Waals surface area contributed by atoms with Crippen LogP contribution < -0.4 is 20.7 Å². The van der Waals surface area contributed by atoms with Crippen molar-refractivity contribution in [2.24, 2.45) is 0 Å². The number of carbonyl (C=O) groups is 3. The number of nitrogens with one attached hydrogen (secondary N) is 3. The van der Waals surface area contributed by atoms with Crippen LogP contribution in [0, 0.1) is 0 Å². The number of rotatable bonds is 8. The molecule has 0 aliphatic rings. The molecule has 3 amide bonds. The van der Waals surface area contributed by atoms with E-state index < -0.39 is 17.7 Å². The Hall–Kier alpha value is -3.92. The van der Waals surface area contributed by atoms with Gasteiger partial charge in [0.25, 0.3) is 17.7 Å². The van der Waals surface area contributed by atoms with Crippen molar-refractivity contribution < 1.29 is 19.1 Å². The number of carbonyl (C=O) groups excluding carboxylic acids is 3. The van der Waals surface area contributed by atoms with Gasteiger partial charge in [0.05, 0.1) is 28.8 Å². The highest BCUT2D eigenvalue weighted by atomic mass is 79.9. The number of methoxy groups -OCH3 is 1. The second kappa shape index (κ2) is 12.8. The van der Waals surface area contributed by atoms with Crippen molar-refractivity contribution in [3.05, 3.63) is 116 Å². The van der Waals surface area contributed by atoms with Crippen LogP contribution in [0.5, 0.6) is 5.75 Å². The molecule has 0 bridgehead atoms. The normalized spacial score (nSPS) is 10.5. The van der Waals surface area contributed by atoms with Gasteiger partial charge in [-0.25, -0.2) is 4.98 Å². The summed E-state index contributed by atoms with van der Waals surface area (Å²) in [6.07, 6.45) is 1.49. The van der Waals surface area contributed by atoms with Crippen LogP contribution in [-0.4, -0.2) is 29.8 Å². The maximum atomic E-state index is 13.1. The van der Waals surface area contributed by atoms with Gasteiger partial charge in [0, 0.05) is 28.6 Å². The van der Waals surface area contributed by atoms with Crippen molar-refractivity contribution in [1.29, 1.82) is 0 Å². The SMILES string of the molecule is COc1ccc(NC(=O)c2cc(CNC(=O)c3cccnc3Cl)ccc2Cl)cc1C(=O)Nc1ccc(Br)cc1. The summed E-state index contributed by atoms with van der Waals surface area (Å²) in [5, 5.41) is 8.63. The third-order valence-corrected chi connectivity index (χ3v) is 6.70. The van der Waals surface area contributed by atoms with Gasteiger partial charge in [0.2, 0.25) is 0 Å². The number of anilines is 2. The molecule has 0 saturated heterocycles. The molecule has 198 valence electrons. The summed E-state index contributed by atoms with van der Waals surface area (Å²) in [6.45, 7) is 0.129. The van der Waals surface area contributed by atoms with Crippen molar-refractivity contribution in [1.82, 2.24) is 10.3 Å². The summed E-state index contributed by atoms with van der Waals surface area (Å²) in [5.41, 5.74) is 2.27. The number of hydrogen-bond donors (Lipinski definition) is 3. The van der Waals surface area contributed by atoms with Gasteiger partial charge in [0.15, 0.2) is 0 Å². The van der Waals surface area contributed by atoms with Crippen LogP contribution in [0.4, 0.5) is 11.4 Å². The second-order valence-electron chi connectivity index (χ2n) is 8.17. The minimum Gasteiger partial charge on any atom is -0.496 e. The van der Waals surface area contributed by atoms with Crippen LogP contribution in [0.15, 0.2) is 83.5 Å². The number of pyridine rings is 1. The highest BCUT2D eigenvalue weighted by Gasteiger charge is 2.17. The molecule has 0 radical (unpaired) electrons. The predicted octanol–water partition coefficient (Wildman–Crippen LogP) is 6.59. The van der Waals surface area contributed by atoms with E-state index in [0.29, 0.717) is 22.7 Å². The molecule has 0 aliphatic carbocycles. The third kappa shape index (κ3) is 7.14. The Kier molecular flexibility index (Phi) is 9.19. The molecule has 3 N–H and O–H groups in total. The molecular formula is C28H21BrCl2N4O4. The second-order valence-corrected chi connectivity index (χ2v) is 9.85. The Labute approximate surface area is 242 Å². The van der Waals surface area contributed by atoms with Crippen LogP contribution in [0.3, 0.4) is 0 Å². The molecule has 0 spiro atoms. The smallest absolute Gasteiger partial charge is 0.259 e. The number of benzene rings is 3. The lowest BCUT2D eigenvalue weighted by Crippen LogP contribution is -2.23. The van der Waals surface area contributed by atoms with E-state index in [1.807, 2.05) is 0 Å². The average molecular weight is 628 g/mol. The monoisotopic (exact) mass is 626 g/mol. The fourth-order valence-corrected chi connectivity index (χ4v) is 4.26. The van der Waals surface area contributed by atoms with E-state index in [0.717, 1.165) is 4.47 Å². The Morgan fingerprint density at radius 1 is 0.821 bits per heavy atom. The standard InChI is InChI=1S/C28H21BrCl2N4O4/c1-39-24-11-9-19(14-22(24)28(38)34-18-7-5-17(29)6-8-18)35-27(37)21-13-16(4-10-23(21)30)15-33-26(36)20-3-2-12-32-25(20)31/h2-14H,15H2,1H3,(H,33,36)(H,34,38)(H,35,37). The Morgan fingerprint density at radius 2 is 1.51 bits per heavy atom. The lowest BCUT2D eigenvalue weighted by atomic mass is 10.1. The van der Waals surface area contributed by atoms with Crippen LogP contribution in [-0.2, 0) is 6.54 Å². The van der Waals surface area contributed by atoms with Crippen LogP contribution in [0.25, 0.3) is 0 Å². The number of ether oxygens (including phenoxy) is 1. The number of amides is 3. The first-order chi connectivity index (χ1) is 18.7. The molecule has 4 aromatic rings. The predicted molar refractivity (Wildman–Crippen MR) is 155 cm³/mol. The van der Waals surface area contributed by atoms with E-state index >= 15 is 0 Å². The fraction of sp³-hybridized carbons (Fsp3) is 0.0714. The largest absolute Gasteiger partial charge is 0.496 e. The van der Waals surface area contributed by atoms with Crippen molar-refractivity contribution >= 4 is 68.2 Å². The lowest BCUT2D eigenvalue weighted by Gasteiger charge is -2.13. The van der Waals surface area contributed by atoms with Gasteiger partial charge in [-0.2, -0.15) is 0 Å². The zero-order chi connectivity index (χ0) is 27.9. The lowest BCUT2D eigenvalue weighted by molar-refractivity contribution is 0.0949. The minimum absolute atomic E-state index is 0.0931. The molecule has 39 heavy (non-hydrogen) atoms. The van der Waals surface area contributed by atoms with Gasteiger partial charge in [-0.3, -0.25) is 14.4 Å². The average Bonchev–Trinajstić information content (AvgIpc) is 2.93. The Bertz CT molecular complexity index is 1550. The first kappa shape index (κ1) is 28.1. The topological polar surface area (TPSA) is 109 Å². The van der Waals surface area contributed by atoms with Gasteiger partial charge in [0.1, 0.15) is 10.9 Å². The van der Waals surface area contributed by atoms with Crippen LogP contribution in [0.1, 0.15) is 36.6 Å². The molecule has 0 unspecified atom stereocenters. The number of nitrogens with zero attached hydrogens (tertiary/aromatic N) is 1. The van der Waals surface area contributed by atoms with E-state index in [1.54, 1.807) is 66.7 Å². The van der Waals surface area contributed by atoms with Crippen LogP contribution >= 0.6 is 39.1 Å². The zero-order valence-electron chi connectivity index (χ0n) is 20.4. The third-order valence-electron chi connectivity index (χ3n) is 5.54. The van der Waals surface area contributed by atoms with E-state index in [-0.39, 0.29) is 33.4 Å². The molecule has 4 rings (SSSR count). The molecule has 1 heterocycles. The van der Waals surface area contributed by atoms with Gasteiger partial charge >= 0.3 is 0 Å². The quantitative estimate of drug-likeness (QED) is 0.191. The summed E-state index contributed by atoms with van der Waals surface area (Å²) in [5.74, 6) is -0.962. The molecule has 0 atom stereocenters. The van der Waals surface area contributed by atoms with Gasteiger partial charge in [-0.05, 0) is 72.3 Å². The first-order valence-corrected chi connectivity index (χ1v) is 13.0. The molecular weight excluding hydrogens is 607 g/mol. The Morgan fingerprint density at radius 3 is 2.23 bits per heavy atom. The summed E-state index contributed by atoms with van der Waals surface area (Å²) in [4.78, 5) is 42.4. The first-order valence-electron chi connectivity index (χ1n) is 11.5. The van der Waals surface area contributed by atoms with E-state index in [9.17, 15) is 14.4 Å². The van der Waals surface area contributed by atoms with Gasteiger partial charge < -0.3 is 20.7 Å². The number of aromatic nitrogens is 1. The minimum atomic E-state index is -0.493. The fourth-order valence-electron chi connectivity index (χ4n) is 3.58. The summed E-state index contributed by atoms with van der Waals surface area (Å²) >= 11 is 15.7. The molecule has 0 aliphatic heterocycles. The molecule has 0 saturated carbocycles. The molecule has 1 aromatic heterocycles. The maximum Gasteiger partial charge on any atom is 0.259 e. The Balaban J connectivity index is 1.48. The van der Waals surface area contributed by atoms with E-state index in [2.05, 4.69) is 36.9 Å². The van der Waals surface area contributed by atoms with E-state index in [1.165, 1.54) is 19.4 Å². The number of halogens is 3. The molecule has 0 fully saturated rings. The van der Waals surface area contributed by atoms with E-state index in [4.69, 9.17) is 27.9 Å². The van der Waals surface area contributed by atoms with Gasteiger partial charge in [-0.15, -0.1) is 0 Å². The highest BCUT2D eigenvalue weighted by Crippen LogP contribution is 2.26. The molecule has 11 heteroatoms. The zero-order valence-corrected chi connectivity index (χ0v) is 23.5. The van der Waals surface area contributed by atoms with Crippen molar-refractivity contribution in [2.45, 2.75) is 6.54 Å². The maximum absolute atomic E-state index is 13.1. The van der Waals surface area contributed by atoms with Gasteiger partial charge in [-0.1, -0.05) is 45.2 Å². The number of hydrogen-bond acceptors (Lipinski definition) is 5. The van der Waals surface area contributed by atoms with Crippen molar-refractivity contribution in [2.75, 3.05) is 17.7 Å². The van der Waals surface area contributed by atoms with Crippen molar-refractivity contribution in [3.8, 4) is 5.75 Å². The summed E-state index contributed by atoms with van der Waals surface area (Å²) in [6, 6.07) is 19.9.